The first kappa shape index (κ1) is 26.4. The Morgan fingerprint density at radius 1 is 0.733 bits per heavy atom. The molecule has 0 amide bonds. The molecule has 3 nitrogen and oxygen atoms in total. The fourth-order valence-corrected chi connectivity index (χ4v) is 4.00. The van der Waals surface area contributed by atoms with E-state index >= 15 is 0 Å². The minimum absolute atomic E-state index is 0.170. The van der Waals surface area contributed by atoms with Crippen molar-refractivity contribution >= 4 is 11.8 Å². The van der Waals surface area contributed by atoms with Crippen molar-refractivity contribution in [2.45, 2.75) is 105 Å². The topological polar surface area (TPSA) is 43.4 Å². The van der Waals surface area contributed by atoms with Gasteiger partial charge >= 0.3 is 5.97 Å². The molecule has 0 saturated heterocycles. The van der Waals surface area contributed by atoms with Crippen molar-refractivity contribution in [3.8, 4) is 0 Å². The summed E-state index contributed by atoms with van der Waals surface area (Å²) in [7, 11) is 0. The molecule has 0 saturated carbocycles. The zero-order chi connectivity index (χ0) is 22.2. The number of rotatable bonds is 17. The molecule has 0 heterocycles. The van der Waals surface area contributed by atoms with Gasteiger partial charge in [-0.15, -0.1) is 0 Å². The molecule has 0 fully saturated rings. The minimum atomic E-state index is -0.281. The number of esters is 1. The number of carbonyl (C=O) groups is 2. The number of benzene rings is 1. The highest BCUT2D eigenvalue weighted by Crippen LogP contribution is 2.21. The largest absolute Gasteiger partial charge is 0.462 e. The zero-order valence-corrected chi connectivity index (χ0v) is 19.9. The molecule has 1 aromatic carbocycles. The number of carbonyl (C=O) groups excluding carboxylic acids is 2. The van der Waals surface area contributed by atoms with Crippen LogP contribution in [0, 0.1) is 11.8 Å². The molecule has 1 aromatic rings. The summed E-state index contributed by atoms with van der Waals surface area (Å²) >= 11 is 0. The molecule has 3 heteroatoms. The van der Waals surface area contributed by atoms with Gasteiger partial charge < -0.3 is 4.74 Å². The Labute approximate surface area is 185 Å². The molecule has 0 aromatic heterocycles. The van der Waals surface area contributed by atoms with Crippen molar-refractivity contribution in [1.29, 1.82) is 0 Å². The Morgan fingerprint density at radius 2 is 1.37 bits per heavy atom. The zero-order valence-electron chi connectivity index (χ0n) is 19.9. The van der Waals surface area contributed by atoms with E-state index in [1.165, 1.54) is 38.5 Å². The predicted molar refractivity (Wildman–Crippen MR) is 126 cm³/mol. The Morgan fingerprint density at radius 3 is 1.97 bits per heavy atom. The van der Waals surface area contributed by atoms with E-state index in [1.54, 1.807) is 24.3 Å². The number of Topliss-reactive ketones (excluding diaryl/α,β-unsaturated/α-hetero) is 1. The van der Waals surface area contributed by atoms with Crippen LogP contribution < -0.4 is 0 Å². The highest BCUT2D eigenvalue weighted by Gasteiger charge is 2.15. The van der Waals surface area contributed by atoms with Crippen molar-refractivity contribution < 1.29 is 14.3 Å². The number of unbranched alkanes of at least 4 members (excludes halogenated alkanes) is 3. The van der Waals surface area contributed by atoms with Gasteiger partial charge in [-0.1, -0.05) is 91.2 Å². The number of ether oxygens (including phenoxy) is 1. The summed E-state index contributed by atoms with van der Waals surface area (Å²) in [6, 6.07) is 7.01. The van der Waals surface area contributed by atoms with Crippen molar-refractivity contribution in [1.82, 2.24) is 0 Å². The summed E-state index contributed by atoms with van der Waals surface area (Å²) in [5.41, 5.74) is 1.23. The van der Waals surface area contributed by atoms with E-state index < -0.39 is 0 Å². The van der Waals surface area contributed by atoms with Gasteiger partial charge in [-0.2, -0.15) is 0 Å². The fraction of sp³-hybridized carbons (Fsp3) is 0.704. The molecule has 0 N–H and O–H groups in total. The van der Waals surface area contributed by atoms with Crippen LogP contribution in [0.25, 0.3) is 0 Å². The molecule has 0 aliphatic heterocycles. The first-order chi connectivity index (χ1) is 14.5. The van der Waals surface area contributed by atoms with Gasteiger partial charge in [-0.05, 0) is 43.2 Å². The summed E-state index contributed by atoms with van der Waals surface area (Å²) in [6.07, 6.45) is 13.3. The molecule has 2 unspecified atom stereocenters. The third-order valence-corrected chi connectivity index (χ3v) is 6.13. The highest BCUT2D eigenvalue weighted by atomic mass is 16.5. The van der Waals surface area contributed by atoms with Crippen LogP contribution in [0.5, 0.6) is 0 Å². The lowest BCUT2D eigenvalue weighted by Gasteiger charge is -2.16. The Kier molecular flexibility index (Phi) is 14.2. The Hall–Kier alpha value is -1.64. The maximum atomic E-state index is 12.5. The number of hydrogen-bond donors (Lipinski definition) is 0. The second-order valence-corrected chi connectivity index (χ2v) is 8.70. The molecule has 0 aliphatic carbocycles. The van der Waals surface area contributed by atoms with Crippen molar-refractivity contribution in [3.05, 3.63) is 35.4 Å². The first-order valence-corrected chi connectivity index (χ1v) is 12.4. The number of hydrogen-bond acceptors (Lipinski definition) is 3. The second kappa shape index (κ2) is 16.1. The van der Waals surface area contributed by atoms with E-state index in [2.05, 4.69) is 27.7 Å². The molecule has 2 atom stereocenters. The smallest absolute Gasteiger partial charge is 0.338 e. The first-order valence-electron chi connectivity index (χ1n) is 12.4. The maximum absolute atomic E-state index is 12.5. The van der Waals surface area contributed by atoms with Crippen LogP contribution >= 0.6 is 0 Å². The average Bonchev–Trinajstić information content (AvgIpc) is 2.77. The molecular weight excluding hydrogens is 372 g/mol. The molecule has 0 radical (unpaired) electrons. The van der Waals surface area contributed by atoms with E-state index in [9.17, 15) is 9.59 Å². The van der Waals surface area contributed by atoms with Crippen molar-refractivity contribution in [3.63, 3.8) is 0 Å². The number of ketones is 1. The summed E-state index contributed by atoms with van der Waals surface area (Å²) in [6.45, 7) is 9.29. The van der Waals surface area contributed by atoms with Gasteiger partial charge in [0.1, 0.15) is 0 Å². The molecule has 0 spiro atoms. The summed E-state index contributed by atoms with van der Waals surface area (Å²) in [5.74, 6) is 0.974. The van der Waals surface area contributed by atoms with Crippen LogP contribution in [-0.4, -0.2) is 18.4 Å². The third-order valence-electron chi connectivity index (χ3n) is 6.13. The molecule has 1 rings (SSSR count). The standard InChI is InChI=1S/C27H44O3/c1-5-9-11-14-23(12-7-3)21-30-27(29)25-18-16-24(17-19-25)26(28)20-15-22(8-4)13-10-6-2/h16-19,22-23H,5-15,20-21H2,1-4H3. The van der Waals surface area contributed by atoms with Gasteiger partial charge in [-0.3, -0.25) is 4.79 Å². The molecule has 0 bridgehead atoms. The molecule has 30 heavy (non-hydrogen) atoms. The van der Waals surface area contributed by atoms with E-state index in [0.29, 0.717) is 36.0 Å². The van der Waals surface area contributed by atoms with E-state index in [0.717, 1.165) is 32.1 Å². The highest BCUT2D eigenvalue weighted by molar-refractivity contribution is 5.97. The van der Waals surface area contributed by atoms with Crippen molar-refractivity contribution in [2.75, 3.05) is 6.61 Å². The predicted octanol–water partition coefficient (Wildman–Crippen LogP) is 8.02. The van der Waals surface area contributed by atoms with Gasteiger partial charge in [0.25, 0.3) is 0 Å². The van der Waals surface area contributed by atoms with Crippen LogP contribution in [0.4, 0.5) is 0 Å². The Bertz CT molecular complexity index is 591. The second-order valence-electron chi connectivity index (χ2n) is 8.70. The third kappa shape index (κ3) is 10.4. The van der Waals surface area contributed by atoms with E-state index in [-0.39, 0.29) is 11.8 Å². The normalized spacial score (nSPS) is 13.1. The van der Waals surface area contributed by atoms with Crippen LogP contribution in [0.1, 0.15) is 125 Å². The lowest BCUT2D eigenvalue weighted by Crippen LogP contribution is -2.15. The lowest BCUT2D eigenvalue weighted by atomic mass is 9.92. The van der Waals surface area contributed by atoms with Crippen LogP contribution in [0.2, 0.25) is 0 Å². The van der Waals surface area contributed by atoms with Gasteiger partial charge in [0.15, 0.2) is 5.78 Å². The van der Waals surface area contributed by atoms with E-state index in [4.69, 9.17) is 4.74 Å². The minimum Gasteiger partial charge on any atom is -0.462 e. The summed E-state index contributed by atoms with van der Waals surface area (Å²) < 4.78 is 5.58. The Balaban J connectivity index is 2.51. The molecule has 170 valence electrons. The average molecular weight is 417 g/mol. The molecular formula is C27H44O3. The van der Waals surface area contributed by atoms with Crippen LogP contribution in [0.3, 0.4) is 0 Å². The van der Waals surface area contributed by atoms with Crippen LogP contribution in [0.15, 0.2) is 24.3 Å². The lowest BCUT2D eigenvalue weighted by molar-refractivity contribution is 0.0423. The van der Waals surface area contributed by atoms with Gasteiger partial charge in [0.05, 0.1) is 12.2 Å². The monoisotopic (exact) mass is 416 g/mol. The van der Waals surface area contributed by atoms with E-state index in [1.807, 2.05) is 0 Å². The fourth-order valence-electron chi connectivity index (χ4n) is 4.00. The van der Waals surface area contributed by atoms with Gasteiger partial charge in [0.2, 0.25) is 0 Å². The maximum Gasteiger partial charge on any atom is 0.338 e. The van der Waals surface area contributed by atoms with Crippen LogP contribution in [-0.2, 0) is 4.74 Å². The summed E-state index contributed by atoms with van der Waals surface area (Å²) in [5, 5.41) is 0. The van der Waals surface area contributed by atoms with Crippen molar-refractivity contribution in [2.24, 2.45) is 11.8 Å². The SMILES string of the molecule is CCCCCC(CCC)COC(=O)c1ccc(C(=O)CCC(CC)CCCC)cc1. The molecule has 0 aliphatic rings. The van der Waals surface area contributed by atoms with Gasteiger partial charge in [-0.25, -0.2) is 4.79 Å². The van der Waals surface area contributed by atoms with Gasteiger partial charge in [0, 0.05) is 12.0 Å². The quantitative estimate of drug-likeness (QED) is 0.147. The summed E-state index contributed by atoms with van der Waals surface area (Å²) in [4.78, 5) is 24.9.